The third kappa shape index (κ3) is 6.05. The Balaban J connectivity index is 1.38. The highest BCUT2D eigenvalue weighted by Crippen LogP contribution is 2.37. The van der Waals surface area contributed by atoms with Gasteiger partial charge >= 0.3 is 0 Å². The number of carbonyl (C=O) groups excluding carboxylic acids is 1. The van der Waals surface area contributed by atoms with E-state index in [-0.39, 0.29) is 12.5 Å². The molecule has 144 valence electrons. The van der Waals surface area contributed by atoms with Gasteiger partial charge in [-0.3, -0.25) is 4.79 Å². The highest BCUT2D eigenvalue weighted by molar-refractivity contribution is 6.32. The summed E-state index contributed by atoms with van der Waals surface area (Å²) in [6, 6.07) is 13.1. The predicted molar refractivity (Wildman–Crippen MR) is 102 cm³/mol. The monoisotopic (exact) mass is 391 g/mol. The van der Waals surface area contributed by atoms with Gasteiger partial charge in [0.25, 0.3) is 0 Å². The first-order valence-corrected chi connectivity index (χ1v) is 9.20. The lowest BCUT2D eigenvalue weighted by atomic mass is 10.2. The second-order valence-corrected chi connectivity index (χ2v) is 6.35. The summed E-state index contributed by atoms with van der Waals surface area (Å²) < 4.78 is 22.1. The van der Waals surface area contributed by atoms with Crippen molar-refractivity contribution in [3.05, 3.63) is 53.1 Å². The van der Waals surface area contributed by atoms with Crippen LogP contribution in [0.25, 0.3) is 0 Å². The minimum Gasteiger partial charge on any atom is -0.491 e. The molecule has 7 heteroatoms. The van der Waals surface area contributed by atoms with Crippen molar-refractivity contribution >= 4 is 17.5 Å². The van der Waals surface area contributed by atoms with Gasteiger partial charge < -0.3 is 24.3 Å². The molecule has 0 radical (unpaired) electrons. The highest BCUT2D eigenvalue weighted by Gasteiger charge is 2.15. The lowest BCUT2D eigenvalue weighted by Crippen LogP contribution is -2.27. The van der Waals surface area contributed by atoms with Gasteiger partial charge in [-0.25, -0.2) is 0 Å². The minimum absolute atomic E-state index is 0.0313. The van der Waals surface area contributed by atoms with Crippen molar-refractivity contribution in [2.75, 3.05) is 33.0 Å². The van der Waals surface area contributed by atoms with E-state index in [9.17, 15) is 4.79 Å². The van der Waals surface area contributed by atoms with Crippen LogP contribution in [0.5, 0.6) is 17.2 Å². The number of hydrogen-bond acceptors (Lipinski definition) is 5. The lowest BCUT2D eigenvalue weighted by molar-refractivity contribution is -0.126. The summed E-state index contributed by atoms with van der Waals surface area (Å²) in [6.07, 6.45) is 0.808. The number of fused-ring (bicyclic) bond motifs is 1. The number of nitrogens with one attached hydrogen (secondary N) is 1. The quantitative estimate of drug-likeness (QED) is 0.700. The Morgan fingerprint density at radius 1 is 1.11 bits per heavy atom. The molecular weight excluding hydrogens is 370 g/mol. The van der Waals surface area contributed by atoms with Crippen LogP contribution in [0.15, 0.2) is 42.5 Å². The van der Waals surface area contributed by atoms with E-state index in [1.54, 1.807) is 6.07 Å². The van der Waals surface area contributed by atoms with Gasteiger partial charge in [0.15, 0.2) is 11.5 Å². The number of halogens is 1. The van der Waals surface area contributed by atoms with E-state index >= 15 is 0 Å². The number of benzene rings is 2. The van der Waals surface area contributed by atoms with Crippen LogP contribution in [0.2, 0.25) is 5.02 Å². The summed E-state index contributed by atoms with van der Waals surface area (Å²) in [6.45, 7) is 2.18. The second kappa shape index (κ2) is 10.0. The minimum atomic E-state index is -0.210. The third-order valence-corrected chi connectivity index (χ3v) is 4.11. The summed E-state index contributed by atoms with van der Waals surface area (Å²) in [4.78, 5) is 11.9. The van der Waals surface area contributed by atoms with Gasteiger partial charge in [0.05, 0.1) is 24.8 Å². The Labute approximate surface area is 163 Å². The van der Waals surface area contributed by atoms with Crippen LogP contribution in [-0.2, 0) is 16.1 Å². The van der Waals surface area contributed by atoms with Crippen LogP contribution in [-0.4, -0.2) is 38.9 Å². The molecule has 0 saturated carbocycles. The van der Waals surface area contributed by atoms with Crippen molar-refractivity contribution in [2.24, 2.45) is 0 Å². The zero-order chi connectivity index (χ0) is 18.9. The average molecular weight is 392 g/mol. The molecule has 0 aliphatic carbocycles. The molecule has 2 aromatic carbocycles. The molecule has 0 unspecified atom stereocenters. The molecule has 2 aromatic rings. The Bertz CT molecular complexity index is 754. The molecule has 1 heterocycles. The second-order valence-electron chi connectivity index (χ2n) is 5.95. The van der Waals surface area contributed by atoms with E-state index in [1.165, 1.54) is 0 Å². The maximum Gasteiger partial charge on any atom is 0.246 e. The van der Waals surface area contributed by atoms with Crippen LogP contribution >= 0.6 is 11.6 Å². The van der Waals surface area contributed by atoms with E-state index in [4.69, 9.17) is 30.5 Å². The number of para-hydroxylation sites is 1. The Hall–Kier alpha value is -2.44. The van der Waals surface area contributed by atoms with Crippen LogP contribution < -0.4 is 19.5 Å². The maximum atomic E-state index is 11.9. The number of rotatable bonds is 8. The van der Waals surface area contributed by atoms with E-state index in [0.717, 1.165) is 17.7 Å². The Morgan fingerprint density at radius 3 is 2.78 bits per heavy atom. The van der Waals surface area contributed by atoms with Crippen molar-refractivity contribution in [3.63, 3.8) is 0 Å². The fraction of sp³-hybridized carbons (Fsp3) is 0.350. The normalized spacial score (nSPS) is 12.9. The summed E-state index contributed by atoms with van der Waals surface area (Å²) >= 11 is 6.25. The first-order valence-electron chi connectivity index (χ1n) is 8.82. The molecule has 1 aliphatic heterocycles. The smallest absolute Gasteiger partial charge is 0.246 e. The van der Waals surface area contributed by atoms with Crippen molar-refractivity contribution in [1.29, 1.82) is 0 Å². The van der Waals surface area contributed by atoms with Gasteiger partial charge in [-0.2, -0.15) is 0 Å². The molecule has 6 nitrogen and oxygen atoms in total. The average Bonchev–Trinajstić information content (AvgIpc) is 2.93. The summed E-state index contributed by atoms with van der Waals surface area (Å²) in [7, 11) is 0. The number of ether oxygens (including phenoxy) is 4. The van der Waals surface area contributed by atoms with E-state index in [1.807, 2.05) is 36.4 Å². The molecule has 0 fully saturated rings. The molecule has 1 amide bonds. The third-order valence-electron chi connectivity index (χ3n) is 3.82. The van der Waals surface area contributed by atoms with Gasteiger partial charge in [0, 0.05) is 13.0 Å². The molecule has 0 aromatic heterocycles. The Kier molecular flexibility index (Phi) is 7.19. The molecule has 27 heavy (non-hydrogen) atoms. The van der Waals surface area contributed by atoms with Crippen LogP contribution in [0.1, 0.15) is 12.0 Å². The van der Waals surface area contributed by atoms with Gasteiger partial charge in [-0.15, -0.1) is 0 Å². The Morgan fingerprint density at radius 2 is 1.93 bits per heavy atom. The standard InChI is InChI=1S/C20H22ClNO5/c21-17-11-15(12-18-20(17)27-8-4-7-26-18)13-22-19(23)14-24-9-10-25-16-5-2-1-3-6-16/h1-3,5-6,11-12H,4,7-10,13-14H2,(H,22,23). The zero-order valence-corrected chi connectivity index (χ0v) is 15.7. The largest absolute Gasteiger partial charge is 0.491 e. The van der Waals surface area contributed by atoms with Crippen molar-refractivity contribution in [2.45, 2.75) is 13.0 Å². The van der Waals surface area contributed by atoms with Gasteiger partial charge in [-0.1, -0.05) is 29.8 Å². The number of amides is 1. The first-order chi connectivity index (χ1) is 13.2. The molecule has 1 aliphatic rings. The van der Waals surface area contributed by atoms with E-state index in [0.29, 0.717) is 49.5 Å². The molecule has 3 rings (SSSR count). The van der Waals surface area contributed by atoms with Gasteiger partial charge in [0.1, 0.15) is 19.0 Å². The number of hydrogen-bond donors (Lipinski definition) is 1. The topological polar surface area (TPSA) is 66.0 Å². The maximum absolute atomic E-state index is 11.9. The summed E-state index contributed by atoms with van der Waals surface area (Å²) in [5.74, 6) is 1.74. The van der Waals surface area contributed by atoms with Crippen LogP contribution in [0.3, 0.4) is 0 Å². The predicted octanol–water partition coefficient (Wildman–Crippen LogP) is 3.21. The van der Waals surface area contributed by atoms with Crippen molar-refractivity contribution in [1.82, 2.24) is 5.32 Å². The van der Waals surface area contributed by atoms with Crippen LogP contribution in [0, 0.1) is 0 Å². The summed E-state index contributed by atoms with van der Waals surface area (Å²) in [5.41, 5.74) is 0.838. The first kappa shape index (κ1) is 19.3. The summed E-state index contributed by atoms with van der Waals surface area (Å²) in [5, 5.41) is 3.28. The zero-order valence-electron chi connectivity index (χ0n) is 14.9. The van der Waals surface area contributed by atoms with Gasteiger partial charge in [-0.05, 0) is 29.8 Å². The fourth-order valence-electron chi connectivity index (χ4n) is 2.54. The molecular formula is C20H22ClNO5. The fourth-order valence-corrected chi connectivity index (χ4v) is 2.83. The van der Waals surface area contributed by atoms with Crippen molar-refractivity contribution in [3.8, 4) is 17.2 Å². The SMILES string of the molecule is O=C(COCCOc1ccccc1)NCc1cc(Cl)c2c(c1)OCCCO2. The highest BCUT2D eigenvalue weighted by atomic mass is 35.5. The van der Waals surface area contributed by atoms with E-state index in [2.05, 4.69) is 5.32 Å². The number of carbonyl (C=O) groups is 1. The van der Waals surface area contributed by atoms with Crippen LogP contribution in [0.4, 0.5) is 0 Å². The van der Waals surface area contributed by atoms with E-state index < -0.39 is 0 Å². The molecule has 0 atom stereocenters. The molecule has 1 N–H and O–H groups in total. The van der Waals surface area contributed by atoms with Crippen molar-refractivity contribution < 1.29 is 23.7 Å². The molecule has 0 bridgehead atoms. The molecule has 0 saturated heterocycles. The lowest BCUT2D eigenvalue weighted by Gasteiger charge is -2.12. The molecule has 0 spiro atoms. The van der Waals surface area contributed by atoms with Gasteiger partial charge in [0.2, 0.25) is 5.91 Å².